The van der Waals surface area contributed by atoms with E-state index in [0.29, 0.717) is 6.61 Å². The summed E-state index contributed by atoms with van der Waals surface area (Å²) in [5.41, 5.74) is 0. The number of hydrogen-bond donors (Lipinski definition) is 2. The Morgan fingerprint density at radius 1 is 0.960 bits per heavy atom. The van der Waals surface area contributed by atoms with E-state index in [1.165, 1.54) is 51.4 Å². The van der Waals surface area contributed by atoms with Crippen molar-refractivity contribution in [3.63, 3.8) is 0 Å². The molecule has 0 aromatic rings. The summed E-state index contributed by atoms with van der Waals surface area (Å²) in [6.07, 6.45) is 9.43. The molecule has 0 aromatic heterocycles. The lowest BCUT2D eigenvalue weighted by Gasteiger charge is -2.12. The highest BCUT2D eigenvalue weighted by molar-refractivity contribution is 6.09. The minimum absolute atomic E-state index is 0.324. The molecule has 1 aliphatic rings. The van der Waals surface area contributed by atoms with Crippen molar-refractivity contribution < 1.29 is 29.3 Å². The lowest BCUT2D eigenvalue weighted by molar-refractivity contribution is -0.153. The minimum Gasteiger partial charge on any atom is -0.449 e. The van der Waals surface area contributed by atoms with Gasteiger partial charge in [0.15, 0.2) is 6.10 Å². The number of cyclic esters (lactones) is 1. The summed E-state index contributed by atoms with van der Waals surface area (Å²) in [6.45, 7) is 1.92. The average molecular weight is 358 g/mol. The Morgan fingerprint density at radius 3 is 2.00 bits per heavy atom. The maximum absolute atomic E-state index is 11.9. The first-order valence-electron chi connectivity index (χ1n) is 9.76. The summed E-state index contributed by atoms with van der Waals surface area (Å²) in [5.74, 6) is -1.37. The van der Waals surface area contributed by atoms with E-state index in [4.69, 9.17) is 14.6 Å². The van der Waals surface area contributed by atoms with Gasteiger partial charge >= 0.3 is 5.97 Å². The van der Waals surface area contributed by atoms with Gasteiger partial charge in [-0.2, -0.15) is 0 Å². The topological polar surface area (TPSA) is 93.1 Å². The van der Waals surface area contributed by atoms with Crippen LogP contribution in [0.3, 0.4) is 0 Å². The molecule has 1 fully saturated rings. The molecule has 1 heterocycles. The number of rotatable bonds is 15. The van der Waals surface area contributed by atoms with Crippen LogP contribution in [0.25, 0.3) is 0 Å². The first-order chi connectivity index (χ1) is 12.1. The molecule has 0 amide bonds. The second kappa shape index (κ2) is 13.3. The van der Waals surface area contributed by atoms with Crippen molar-refractivity contribution >= 4 is 11.8 Å². The molecular formula is C19H34O6. The van der Waals surface area contributed by atoms with Gasteiger partial charge in [0, 0.05) is 6.61 Å². The maximum atomic E-state index is 11.9. The molecule has 6 nitrogen and oxygen atoms in total. The lowest BCUT2D eigenvalue weighted by Crippen LogP contribution is -2.37. The molecule has 0 aromatic carbocycles. The van der Waals surface area contributed by atoms with Gasteiger partial charge in [-0.15, -0.1) is 0 Å². The number of Topliss-reactive ketones (excluding diaryl/α,β-unsaturated/α-hetero) is 1. The molecule has 2 N–H and O–H groups in total. The van der Waals surface area contributed by atoms with E-state index < -0.39 is 36.7 Å². The number of esters is 1. The van der Waals surface area contributed by atoms with Crippen LogP contribution in [0, 0.1) is 0 Å². The monoisotopic (exact) mass is 358 g/mol. The molecular weight excluding hydrogens is 324 g/mol. The van der Waals surface area contributed by atoms with Gasteiger partial charge in [-0.1, -0.05) is 71.1 Å². The van der Waals surface area contributed by atoms with Gasteiger partial charge in [0.2, 0.25) is 11.9 Å². The smallest absolute Gasteiger partial charge is 0.344 e. The standard InChI is InChI=1S/C19H34O6/c1-2-3-4-5-6-7-8-9-10-11-12-13-24-18-16(22)17(15(21)14-20)25-19(18)23/h15,17-18,20-21H,2-14H2,1H3/t15-,17+,18?/m0/s1. The lowest BCUT2D eigenvalue weighted by atomic mass is 10.1. The van der Waals surface area contributed by atoms with Crippen LogP contribution in [-0.2, 0) is 19.1 Å². The summed E-state index contributed by atoms with van der Waals surface area (Å²) in [7, 11) is 0. The number of aliphatic hydroxyl groups is 2. The zero-order chi connectivity index (χ0) is 18.5. The molecule has 3 atom stereocenters. The van der Waals surface area contributed by atoms with Gasteiger partial charge in [-0.3, -0.25) is 4.79 Å². The molecule has 1 rings (SSSR count). The van der Waals surface area contributed by atoms with Gasteiger partial charge in [0.25, 0.3) is 0 Å². The second-order valence-corrected chi connectivity index (χ2v) is 6.80. The summed E-state index contributed by atoms with van der Waals surface area (Å²) < 4.78 is 10.1. The van der Waals surface area contributed by atoms with Crippen LogP contribution >= 0.6 is 0 Å². The van der Waals surface area contributed by atoms with Crippen LogP contribution in [0.1, 0.15) is 77.6 Å². The summed E-state index contributed by atoms with van der Waals surface area (Å²) >= 11 is 0. The van der Waals surface area contributed by atoms with E-state index in [0.717, 1.165) is 19.3 Å². The Hall–Kier alpha value is -0.980. The van der Waals surface area contributed by atoms with E-state index in [9.17, 15) is 14.7 Å². The second-order valence-electron chi connectivity index (χ2n) is 6.80. The van der Waals surface area contributed by atoms with Crippen LogP contribution in [0.15, 0.2) is 0 Å². The Kier molecular flexibility index (Phi) is 11.7. The van der Waals surface area contributed by atoms with E-state index in [2.05, 4.69) is 6.92 Å². The fourth-order valence-corrected chi connectivity index (χ4v) is 2.99. The molecule has 1 saturated heterocycles. The molecule has 146 valence electrons. The van der Waals surface area contributed by atoms with Crippen molar-refractivity contribution in [1.82, 2.24) is 0 Å². The molecule has 6 heteroatoms. The van der Waals surface area contributed by atoms with E-state index in [1.807, 2.05) is 0 Å². The Balaban J connectivity index is 1.99. The first kappa shape index (κ1) is 22.1. The van der Waals surface area contributed by atoms with Crippen LogP contribution in [0.2, 0.25) is 0 Å². The molecule has 0 radical (unpaired) electrons. The normalized spacial score (nSPS) is 21.6. The first-order valence-corrected chi connectivity index (χ1v) is 9.76. The van der Waals surface area contributed by atoms with Crippen LogP contribution in [0.5, 0.6) is 0 Å². The van der Waals surface area contributed by atoms with Gasteiger partial charge in [-0.25, -0.2) is 4.79 Å². The van der Waals surface area contributed by atoms with Gasteiger partial charge in [0.1, 0.15) is 6.10 Å². The summed E-state index contributed by atoms with van der Waals surface area (Å²) in [4.78, 5) is 23.5. The van der Waals surface area contributed by atoms with Crippen LogP contribution in [0.4, 0.5) is 0 Å². The number of ketones is 1. The Morgan fingerprint density at radius 2 is 1.48 bits per heavy atom. The third-order valence-electron chi connectivity index (χ3n) is 4.56. The van der Waals surface area contributed by atoms with E-state index in [1.54, 1.807) is 0 Å². The number of carbonyl (C=O) groups is 2. The third kappa shape index (κ3) is 8.29. The van der Waals surface area contributed by atoms with E-state index in [-0.39, 0.29) is 0 Å². The van der Waals surface area contributed by atoms with Gasteiger partial charge in [-0.05, 0) is 6.42 Å². The highest BCUT2D eigenvalue weighted by Gasteiger charge is 2.47. The number of hydrogen-bond acceptors (Lipinski definition) is 6. The van der Waals surface area contributed by atoms with Crippen molar-refractivity contribution in [2.24, 2.45) is 0 Å². The number of aliphatic hydroxyl groups excluding tert-OH is 2. The van der Waals surface area contributed by atoms with Crippen molar-refractivity contribution in [2.75, 3.05) is 13.2 Å². The van der Waals surface area contributed by atoms with Crippen LogP contribution in [-0.4, -0.2) is 53.5 Å². The molecule has 1 aliphatic heterocycles. The van der Waals surface area contributed by atoms with Crippen molar-refractivity contribution in [3.8, 4) is 0 Å². The average Bonchev–Trinajstić information content (AvgIpc) is 2.89. The number of carbonyl (C=O) groups excluding carboxylic acids is 2. The maximum Gasteiger partial charge on any atom is 0.344 e. The predicted octanol–water partition coefficient (Wildman–Crippen LogP) is 2.53. The van der Waals surface area contributed by atoms with Gasteiger partial charge in [0.05, 0.1) is 6.61 Å². The quantitative estimate of drug-likeness (QED) is 0.265. The fourth-order valence-electron chi connectivity index (χ4n) is 2.99. The molecule has 1 unspecified atom stereocenters. The molecule has 0 bridgehead atoms. The Labute approximate surface area is 150 Å². The SMILES string of the molecule is CCCCCCCCCCCCCOC1C(=O)O[C@H]([C@@H](O)CO)C1=O. The predicted molar refractivity (Wildman–Crippen MR) is 94.2 cm³/mol. The number of ether oxygens (including phenoxy) is 2. The van der Waals surface area contributed by atoms with E-state index >= 15 is 0 Å². The highest BCUT2D eigenvalue weighted by atomic mass is 16.6. The zero-order valence-corrected chi connectivity index (χ0v) is 15.5. The number of unbranched alkanes of at least 4 members (excludes halogenated alkanes) is 10. The van der Waals surface area contributed by atoms with Crippen molar-refractivity contribution in [3.05, 3.63) is 0 Å². The third-order valence-corrected chi connectivity index (χ3v) is 4.56. The Bertz CT molecular complexity index is 384. The summed E-state index contributed by atoms with van der Waals surface area (Å²) in [6, 6.07) is 0. The summed E-state index contributed by atoms with van der Waals surface area (Å²) in [5, 5.41) is 18.3. The fraction of sp³-hybridized carbons (Fsp3) is 0.895. The largest absolute Gasteiger partial charge is 0.449 e. The highest BCUT2D eigenvalue weighted by Crippen LogP contribution is 2.18. The molecule has 0 aliphatic carbocycles. The molecule has 0 saturated carbocycles. The minimum atomic E-state index is -1.38. The molecule has 0 spiro atoms. The van der Waals surface area contributed by atoms with Gasteiger partial charge < -0.3 is 19.7 Å². The molecule has 25 heavy (non-hydrogen) atoms. The zero-order valence-electron chi connectivity index (χ0n) is 15.5. The van der Waals surface area contributed by atoms with Crippen molar-refractivity contribution in [2.45, 2.75) is 95.9 Å². The van der Waals surface area contributed by atoms with Crippen molar-refractivity contribution in [1.29, 1.82) is 0 Å². The van der Waals surface area contributed by atoms with Crippen LogP contribution < -0.4 is 0 Å².